The number of hydrogen-bond donors (Lipinski definition) is 1. The van der Waals surface area contributed by atoms with Gasteiger partial charge in [0.2, 0.25) is 0 Å². The standard InChI is InChI=1S/C22H25N5O/c1-28-18-8-4-15(5-9-18)21-19-10-11-23-13-20(19)22(26-25-21)24-16-3-2-12-27(14-16)17-6-7-17/h4-5,8-11,13,16-17H,2-3,6-7,12,14H2,1H3,(H,24,26). The molecule has 1 saturated heterocycles. The Labute approximate surface area is 164 Å². The largest absolute Gasteiger partial charge is 0.497 e. The highest BCUT2D eigenvalue weighted by Crippen LogP contribution is 2.32. The molecule has 2 aliphatic rings. The highest BCUT2D eigenvalue weighted by Gasteiger charge is 2.32. The second-order valence-electron chi connectivity index (χ2n) is 7.76. The first-order valence-electron chi connectivity index (χ1n) is 10.1. The SMILES string of the molecule is COc1ccc(-c2nnc(NC3CCCN(C4CC4)C3)c3cnccc23)cc1. The molecular formula is C22H25N5O. The van der Waals surface area contributed by atoms with Crippen molar-refractivity contribution in [2.24, 2.45) is 0 Å². The lowest BCUT2D eigenvalue weighted by Gasteiger charge is -2.33. The minimum absolute atomic E-state index is 0.416. The minimum Gasteiger partial charge on any atom is -0.497 e. The fourth-order valence-electron chi connectivity index (χ4n) is 4.16. The van der Waals surface area contributed by atoms with E-state index in [4.69, 9.17) is 4.74 Å². The van der Waals surface area contributed by atoms with Gasteiger partial charge in [-0.3, -0.25) is 9.88 Å². The van der Waals surface area contributed by atoms with Gasteiger partial charge in [-0.1, -0.05) is 0 Å². The van der Waals surface area contributed by atoms with Crippen molar-refractivity contribution in [3.8, 4) is 17.0 Å². The lowest BCUT2D eigenvalue weighted by Crippen LogP contribution is -2.43. The van der Waals surface area contributed by atoms with E-state index in [2.05, 4.69) is 25.4 Å². The van der Waals surface area contributed by atoms with Crippen molar-refractivity contribution >= 4 is 16.6 Å². The van der Waals surface area contributed by atoms with Crippen LogP contribution in [0.1, 0.15) is 25.7 Å². The van der Waals surface area contributed by atoms with Crippen LogP contribution < -0.4 is 10.1 Å². The summed E-state index contributed by atoms with van der Waals surface area (Å²) in [6.45, 7) is 2.32. The molecule has 3 aromatic rings. The molecule has 3 heterocycles. The van der Waals surface area contributed by atoms with E-state index in [1.54, 1.807) is 7.11 Å². The predicted molar refractivity (Wildman–Crippen MR) is 111 cm³/mol. The fourth-order valence-corrected chi connectivity index (χ4v) is 4.16. The van der Waals surface area contributed by atoms with E-state index in [9.17, 15) is 0 Å². The normalized spacial score (nSPS) is 20.2. The molecule has 2 fully saturated rings. The van der Waals surface area contributed by atoms with Crippen LogP contribution in [-0.4, -0.2) is 52.4 Å². The topological polar surface area (TPSA) is 63.2 Å². The molecule has 144 valence electrons. The minimum atomic E-state index is 0.416. The van der Waals surface area contributed by atoms with E-state index < -0.39 is 0 Å². The van der Waals surface area contributed by atoms with Crippen LogP contribution in [0.5, 0.6) is 5.75 Å². The molecule has 1 atom stereocenters. The molecule has 0 bridgehead atoms. The average Bonchev–Trinajstić information content (AvgIpc) is 3.60. The van der Waals surface area contributed by atoms with Gasteiger partial charge >= 0.3 is 0 Å². The summed E-state index contributed by atoms with van der Waals surface area (Å²) in [5.41, 5.74) is 1.89. The van der Waals surface area contributed by atoms with Gasteiger partial charge in [-0.25, -0.2) is 0 Å². The Balaban J connectivity index is 1.45. The number of nitrogens with one attached hydrogen (secondary N) is 1. The Bertz CT molecular complexity index is 970. The maximum Gasteiger partial charge on any atom is 0.158 e. The van der Waals surface area contributed by atoms with Gasteiger partial charge in [0.1, 0.15) is 11.4 Å². The molecule has 6 nitrogen and oxygen atoms in total. The van der Waals surface area contributed by atoms with Gasteiger partial charge in [-0.2, -0.15) is 0 Å². The number of fused-ring (bicyclic) bond motifs is 1. The maximum atomic E-state index is 5.27. The zero-order valence-electron chi connectivity index (χ0n) is 16.1. The third-order valence-electron chi connectivity index (χ3n) is 5.80. The molecule has 0 spiro atoms. The second kappa shape index (κ2) is 7.36. The van der Waals surface area contributed by atoms with Crippen molar-refractivity contribution in [1.29, 1.82) is 0 Å². The fraction of sp³-hybridized carbons (Fsp3) is 0.409. The maximum absolute atomic E-state index is 5.27. The molecule has 1 aliphatic carbocycles. The summed E-state index contributed by atoms with van der Waals surface area (Å²) in [5, 5.41) is 14.9. The number of benzene rings is 1. The number of ether oxygens (including phenoxy) is 1. The molecule has 0 amide bonds. The van der Waals surface area contributed by atoms with Crippen LogP contribution >= 0.6 is 0 Å². The Morgan fingerprint density at radius 2 is 1.89 bits per heavy atom. The van der Waals surface area contributed by atoms with Crippen molar-refractivity contribution in [1.82, 2.24) is 20.1 Å². The molecule has 1 unspecified atom stereocenters. The molecule has 2 aromatic heterocycles. The van der Waals surface area contributed by atoms with Gasteiger partial charge in [0, 0.05) is 47.4 Å². The van der Waals surface area contributed by atoms with Crippen molar-refractivity contribution in [2.45, 2.75) is 37.8 Å². The number of likely N-dealkylation sites (tertiary alicyclic amines) is 1. The van der Waals surface area contributed by atoms with Gasteiger partial charge in [0.25, 0.3) is 0 Å². The van der Waals surface area contributed by atoms with Crippen molar-refractivity contribution in [2.75, 3.05) is 25.5 Å². The van der Waals surface area contributed by atoms with Crippen LogP contribution in [0.15, 0.2) is 42.7 Å². The number of nitrogens with zero attached hydrogens (tertiary/aromatic N) is 4. The summed E-state index contributed by atoms with van der Waals surface area (Å²) >= 11 is 0. The van der Waals surface area contributed by atoms with Gasteiger partial charge in [0.05, 0.1) is 7.11 Å². The van der Waals surface area contributed by atoms with E-state index in [0.717, 1.165) is 46.2 Å². The monoisotopic (exact) mass is 375 g/mol. The highest BCUT2D eigenvalue weighted by molar-refractivity contribution is 5.99. The molecule has 0 radical (unpaired) electrons. The molecule has 1 aromatic carbocycles. The third-order valence-corrected chi connectivity index (χ3v) is 5.80. The Morgan fingerprint density at radius 3 is 2.68 bits per heavy atom. The van der Waals surface area contributed by atoms with Crippen LogP contribution in [0.3, 0.4) is 0 Å². The summed E-state index contributed by atoms with van der Waals surface area (Å²) in [5.74, 6) is 1.67. The highest BCUT2D eigenvalue weighted by atomic mass is 16.5. The van der Waals surface area contributed by atoms with Gasteiger partial charge in [-0.05, 0) is 62.6 Å². The van der Waals surface area contributed by atoms with Gasteiger partial charge in [-0.15, -0.1) is 10.2 Å². The van der Waals surface area contributed by atoms with E-state index >= 15 is 0 Å². The van der Waals surface area contributed by atoms with Crippen molar-refractivity contribution < 1.29 is 4.74 Å². The van der Waals surface area contributed by atoms with Crippen LogP contribution in [0.2, 0.25) is 0 Å². The van der Waals surface area contributed by atoms with E-state index in [-0.39, 0.29) is 0 Å². The molecule has 1 saturated carbocycles. The first kappa shape index (κ1) is 17.4. The Kier molecular flexibility index (Phi) is 4.56. The molecule has 28 heavy (non-hydrogen) atoms. The summed E-state index contributed by atoms with van der Waals surface area (Å²) in [7, 11) is 1.67. The van der Waals surface area contributed by atoms with Crippen molar-refractivity contribution in [3.63, 3.8) is 0 Å². The Hall–Kier alpha value is -2.73. The summed E-state index contributed by atoms with van der Waals surface area (Å²) in [6.07, 6.45) is 8.83. The molecule has 1 aliphatic heterocycles. The number of anilines is 1. The zero-order valence-corrected chi connectivity index (χ0v) is 16.1. The predicted octanol–water partition coefficient (Wildman–Crippen LogP) is 3.74. The number of pyridine rings is 1. The quantitative estimate of drug-likeness (QED) is 0.733. The Morgan fingerprint density at radius 1 is 1.04 bits per heavy atom. The summed E-state index contributed by atoms with van der Waals surface area (Å²) in [6, 6.07) is 11.2. The third kappa shape index (κ3) is 3.40. The first-order chi connectivity index (χ1) is 13.8. The van der Waals surface area contributed by atoms with Crippen LogP contribution in [0.4, 0.5) is 5.82 Å². The van der Waals surface area contributed by atoms with E-state index in [1.807, 2.05) is 42.7 Å². The number of aromatic nitrogens is 3. The molecule has 1 N–H and O–H groups in total. The number of hydrogen-bond acceptors (Lipinski definition) is 6. The number of rotatable bonds is 5. The van der Waals surface area contributed by atoms with Crippen LogP contribution in [0.25, 0.3) is 22.0 Å². The molecular weight excluding hydrogens is 350 g/mol. The number of piperidine rings is 1. The van der Waals surface area contributed by atoms with Gasteiger partial charge in [0.15, 0.2) is 5.82 Å². The smallest absolute Gasteiger partial charge is 0.158 e. The van der Waals surface area contributed by atoms with Crippen LogP contribution in [0, 0.1) is 0 Å². The lowest BCUT2D eigenvalue weighted by atomic mass is 10.0. The summed E-state index contributed by atoms with van der Waals surface area (Å²) < 4.78 is 5.27. The molecule has 6 heteroatoms. The summed E-state index contributed by atoms with van der Waals surface area (Å²) in [4.78, 5) is 6.97. The van der Waals surface area contributed by atoms with Crippen molar-refractivity contribution in [3.05, 3.63) is 42.7 Å². The second-order valence-corrected chi connectivity index (χ2v) is 7.76. The first-order valence-corrected chi connectivity index (χ1v) is 10.1. The average molecular weight is 375 g/mol. The number of methoxy groups -OCH3 is 1. The molecule has 5 rings (SSSR count). The van der Waals surface area contributed by atoms with E-state index in [0.29, 0.717) is 6.04 Å². The van der Waals surface area contributed by atoms with Crippen LogP contribution in [-0.2, 0) is 0 Å². The lowest BCUT2D eigenvalue weighted by molar-refractivity contribution is 0.207. The van der Waals surface area contributed by atoms with E-state index in [1.165, 1.54) is 32.2 Å². The van der Waals surface area contributed by atoms with Gasteiger partial charge < -0.3 is 10.1 Å². The zero-order chi connectivity index (χ0) is 18.9.